The van der Waals surface area contributed by atoms with Crippen LogP contribution in [0.4, 0.5) is 0 Å². The molecule has 0 aromatic heterocycles. The third-order valence-electron chi connectivity index (χ3n) is 6.45. The molecule has 2 heterocycles. The van der Waals surface area contributed by atoms with Crippen molar-refractivity contribution < 1.29 is 9.90 Å². The molecule has 5 nitrogen and oxygen atoms in total. The number of hydrogen-bond acceptors (Lipinski definition) is 4. The minimum Gasteiger partial charge on any atom is -0.507 e. The summed E-state index contributed by atoms with van der Waals surface area (Å²) in [7, 11) is 0. The fraction of sp³-hybridized carbons (Fsp3) is 0.440. The summed E-state index contributed by atoms with van der Waals surface area (Å²) >= 11 is 0. The highest BCUT2D eigenvalue weighted by molar-refractivity contribution is 6.03. The summed E-state index contributed by atoms with van der Waals surface area (Å²) < 4.78 is 0. The number of phenolic OH excluding ortho intramolecular Hbond substituents is 1. The molecule has 2 aliphatic heterocycles. The number of likely N-dealkylation sites (tertiary alicyclic amines) is 1. The minimum absolute atomic E-state index is 0.113. The second-order valence-corrected chi connectivity index (χ2v) is 8.84. The molecule has 0 radical (unpaired) electrons. The predicted molar refractivity (Wildman–Crippen MR) is 120 cm³/mol. The van der Waals surface area contributed by atoms with Crippen LogP contribution in [-0.4, -0.2) is 40.4 Å². The van der Waals surface area contributed by atoms with Gasteiger partial charge in [0.15, 0.2) is 0 Å². The van der Waals surface area contributed by atoms with Gasteiger partial charge in [0.1, 0.15) is 11.4 Å². The number of aromatic hydroxyl groups is 1. The first-order valence-electron chi connectivity index (χ1n) is 10.9. The van der Waals surface area contributed by atoms with Crippen LogP contribution < -0.4 is 5.32 Å². The van der Waals surface area contributed by atoms with Gasteiger partial charge in [0.2, 0.25) is 5.91 Å². The van der Waals surface area contributed by atoms with Crippen molar-refractivity contribution in [3.8, 4) is 5.75 Å². The molecule has 30 heavy (non-hydrogen) atoms. The largest absolute Gasteiger partial charge is 0.507 e. The molecular weight excluding hydrogens is 374 g/mol. The molecule has 1 spiro atoms. The maximum Gasteiger partial charge on any atom is 0.219 e. The maximum absolute atomic E-state index is 11.8. The van der Waals surface area contributed by atoms with Crippen LogP contribution in [0.15, 0.2) is 53.5 Å². The Morgan fingerprint density at radius 3 is 2.40 bits per heavy atom. The average molecular weight is 406 g/mol. The van der Waals surface area contributed by atoms with Crippen LogP contribution in [0.3, 0.4) is 0 Å². The number of piperidine rings is 1. The van der Waals surface area contributed by atoms with Gasteiger partial charge in [-0.25, -0.2) is 0 Å². The molecule has 1 atom stereocenters. The zero-order chi connectivity index (χ0) is 21.3. The third kappa shape index (κ3) is 4.12. The van der Waals surface area contributed by atoms with Crippen molar-refractivity contribution in [2.75, 3.05) is 13.1 Å². The molecule has 1 amide bonds. The minimum atomic E-state index is -0.413. The average Bonchev–Trinajstić information content (AvgIpc) is 2.74. The van der Waals surface area contributed by atoms with Crippen molar-refractivity contribution in [3.63, 3.8) is 0 Å². The lowest BCUT2D eigenvalue weighted by atomic mass is 9.87. The summed E-state index contributed by atoms with van der Waals surface area (Å²) in [5.41, 5.74) is 3.88. The number of para-hydroxylation sites is 1. The molecule has 0 bridgehead atoms. The molecule has 2 aromatic carbocycles. The van der Waals surface area contributed by atoms with E-state index in [1.165, 1.54) is 11.1 Å². The number of phenols is 1. The predicted octanol–water partition coefficient (Wildman–Crippen LogP) is 4.38. The van der Waals surface area contributed by atoms with Gasteiger partial charge in [-0.3, -0.25) is 15.1 Å². The Bertz CT molecular complexity index is 941. The number of nitrogens with zero attached hydrogens (tertiary/aromatic N) is 2. The molecule has 158 valence electrons. The zero-order valence-electron chi connectivity index (χ0n) is 18.1. The molecule has 2 aliphatic rings. The van der Waals surface area contributed by atoms with Crippen LogP contribution in [-0.2, 0) is 4.79 Å². The highest BCUT2D eigenvalue weighted by Gasteiger charge is 2.40. The standard InChI is InChI=1S/C25H31N3O2/c1-17(2)19-8-10-20(11-9-19)22-16-23(21-6-4-5-7-24(21)30)27-25(26-22)12-14-28(15-13-25)18(3)29/h4-11,17,22,26,30H,12-16H2,1-3H3/t22-/m0/s1. The Morgan fingerprint density at radius 2 is 1.80 bits per heavy atom. The van der Waals surface area contributed by atoms with Crippen molar-refractivity contribution in [1.29, 1.82) is 0 Å². The van der Waals surface area contributed by atoms with Crippen molar-refractivity contribution >= 4 is 11.6 Å². The smallest absolute Gasteiger partial charge is 0.219 e. The molecule has 4 rings (SSSR count). The van der Waals surface area contributed by atoms with E-state index in [1.807, 2.05) is 23.1 Å². The van der Waals surface area contributed by atoms with Crippen LogP contribution in [0.5, 0.6) is 5.75 Å². The second kappa shape index (κ2) is 8.23. The maximum atomic E-state index is 11.8. The van der Waals surface area contributed by atoms with Gasteiger partial charge in [-0.05, 0) is 29.2 Å². The van der Waals surface area contributed by atoms with Crippen LogP contribution in [0, 0.1) is 0 Å². The number of benzene rings is 2. The van der Waals surface area contributed by atoms with Gasteiger partial charge in [0, 0.05) is 56.6 Å². The Hall–Kier alpha value is -2.66. The van der Waals surface area contributed by atoms with Crippen LogP contribution >= 0.6 is 0 Å². The molecule has 1 fully saturated rings. The molecule has 0 saturated carbocycles. The Labute approximate surface area is 178 Å². The van der Waals surface area contributed by atoms with E-state index in [0.29, 0.717) is 19.0 Å². The number of amides is 1. The first-order valence-corrected chi connectivity index (χ1v) is 10.9. The molecular formula is C25H31N3O2. The molecule has 2 N–H and O–H groups in total. The van der Waals surface area contributed by atoms with E-state index in [4.69, 9.17) is 4.99 Å². The summed E-state index contributed by atoms with van der Waals surface area (Å²) in [5, 5.41) is 14.3. The Kier molecular flexibility index (Phi) is 5.65. The van der Waals surface area contributed by atoms with E-state index >= 15 is 0 Å². The lowest BCUT2D eigenvalue weighted by molar-refractivity contribution is -0.130. The molecule has 1 saturated heterocycles. The third-order valence-corrected chi connectivity index (χ3v) is 6.45. The SMILES string of the molecule is CC(=O)N1CCC2(CC1)N=C(c1ccccc1O)C[C@@H](c1ccc(C(C)C)cc1)N2. The Morgan fingerprint density at radius 1 is 1.13 bits per heavy atom. The first kappa shape index (κ1) is 20.6. The lowest BCUT2D eigenvalue weighted by Gasteiger charge is -2.45. The van der Waals surface area contributed by atoms with Gasteiger partial charge in [0.05, 0.1) is 0 Å². The van der Waals surface area contributed by atoms with Crippen molar-refractivity contribution in [1.82, 2.24) is 10.2 Å². The van der Waals surface area contributed by atoms with E-state index in [0.717, 1.165) is 30.5 Å². The summed E-state index contributed by atoms with van der Waals surface area (Å²) in [6, 6.07) is 16.4. The monoisotopic (exact) mass is 405 g/mol. The Balaban J connectivity index is 1.68. The fourth-order valence-corrected chi connectivity index (χ4v) is 4.55. The number of rotatable bonds is 3. The van der Waals surface area contributed by atoms with Crippen LogP contribution in [0.25, 0.3) is 0 Å². The van der Waals surface area contributed by atoms with Crippen molar-refractivity contribution in [2.45, 2.75) is 57.7 Å². The van der Waals surface area contributed by atoms with E-state index < -0.39 is 5.66 Å². The fourth-order valence-electron chi connectivity index (χ4n) is 4.55. The summed E-state index contributed by atoms with van der Waals surface area (Å²) in [6.07, 6.45) is 2.26. The number of carbonyl (C=O) groups is 1. The van der Waals surface area contributed by atoms with Crippen molar-refractivity contribution in [3.05, 3.63) is 65.2 Å². The normalized spacial score (nSPS) is 21.0. The molecule has 0 aliphatic carbocycles. The van der Waals surface area contributed by atoms with Crippen molar-refractivity contribution in [2.24, 2.45) is 4.99 Å². The first-order chi connectivity index (χ1) is 14.4. The summed E-state index contributed by atoms with van der Waals surface area (Å²) in [4.78, 5) is 18.8. The topological polar surface area (TPSA) is 64.9 Å². The van der Waals surface area contributed by atoms with Gasteiger partial charge in [0.25, 0.3) is 0 Å². The quantitative estimate of drug-likeness (QED) is 0.797. The highest BCUT2D eigenvalue weighted by Crippen LogP contribution is 2.36. The second-order valence-electron chi connectivity index (χ2n) is 8.84. The van der Waals surface area contributed by atoms with Gasteiger partial charge in [-0.1, -0.05) is 50.2 Å². The summed E-state index contributed by atoms with van der Waals surface area (Å²) in [5.74, 6) is 0.883. The number of nitrogens with one attached hydrogen (secondary N) is 1. The highest BCUT2D eigenvalue weighted by atomic mass is 16.3. The van der Waals surface area contributed by atoms with E-state index in [-0.39, 0.29) is 17.7 Å². The van der Waals surface area contributed by atoms with E-state index in [1.54, 1.807) is 13.0 Å². The number of aliphatic imine (C=N–C) groups is 1. The van der Waals surface area contributed by atoms with E-state index in [2.05, 4.69) is 43.4 Å². The van der Waals surface area contributed by atoms with Crippen LogP contribution in [0.1, 0.15) is 68.7 Å². The summed E-state index contributed by atoms with van der Waals surface area (Å²) in [6.45, 7) is 7.42. The molecule has 0 unspecified atom stereocenters. The lowest BCUT2D eigenvalue weighted by Crippen LogP contribution is -2.56. The zero-order valence-corrected chi connectivity index (χ0v) is 18.1. The van der Waals surface area contributed by atoms with Gasteiger partial charge < -0.3 is 10.0 Å². The van der Waals surface area contributed by atoms with Gasteiger partial charge >= 0.3 is 0 Å². The van der Waals surface area contributed by atoms with Gasteiger partial charge in [-0.15, -0.1) is 0 Å². The number of hydrogen-bond donors (Lipinski definition) is 2. The number of carbonyl (C=O) groups excluding carboxylic acids is 1. The molecule has 5 heteroatoms. The van der Waals surface area contributed by atoms with Gasteiger partial charge in [-0.2, -0.15) is 0 Å². The van der Waals surface area contributed by atoms with Crippen LogP contribution in [0.2, 0.25) is 0 Å². The molecule has 2 aromatic rings. The van der Waals surface area contributed by atoms with E-state index in [9.17, 15) is 9.90 Å².